The Morgan fingerprint density at radius 3 is 1.65 bits per heavy atom. The van der Waals surface area contributed by atoms with Gasteiger partial charge >= 0.3 is 0 Å². The van der Waals surface area contributed by atoms with Crippen molar-refractivity contribution in [3.8, 4) is 0 Å². The van der Waals surface area contributed by atoms with Gasteiger partial charge in [0.15, 0.2) is 0 Å². The van der Waals surface area contributed by atoms with Gasteiger partial charge in [-0.3, -0.25) is 0 Å². The molecule has 0 aromatic rings. The van der Waals surface area contributed by atoms with Gasteiger partial charge in [0.2, 0.25) is 0 Å². The van der Waals surface area contributed by atoms with E-state index in [-0.39, 0.29) is 0 Å². The van der Waals surface area contributed by atoms with Crippen molar-refractivity contribution in [3.05, 3.63) is 12.3 Å². The molecule has 0 bridgehead atoms. The highest BCUT2D eigenvalue weighted by Crippen LogP contribution is 2.13. The molecule has 0 rings (SSSR count). The molecule has 1 nitrogen and oxygen atoms in total. The molecule has 0 heterocycles. The molecular formula is C16H33N. The van der Waals surface area contributed by atoms with E-state index in [4.69, 9.17) is 5.73 Å². The molecule has 0 aromatic heterocycles. The second-order valence-corrected chi connectivity index (χ2v) is 5.77. The summed E-state index contributed by atoms with van der Waals surface area (Å²) in [4.78, 5) is 0. The van der Waals surface area contributed by atoms with Gasteiger partial charge in [0.25, 0.3) is 0 Å². The zero-order chi connectivity index (χ0) is 12.9. The SMILES string of the molecule is C=C(N)CCCCCCCCCCCC(C)C. The van der Waals surface area contributed by atoms with Crippen molar-refractivity contribution in [1.82, 2.24) is 0 Å². The Hall–Kier alpha value is -0.460. The van der Waals surface area contributed by atoms with Gasteiger partial charge in [0.1, 0.15) is 0 Å². The molecule has 0 atom stereocenters. The first-order chi connectivity index (χ1) is 8.13. The monoisotopic (exact) mass is 239 g/mol. The quantitative estimate of drug-likeness (QED) is 0.453. The van der Waals surface area contributed by atoms with Crippen LogP contribution in [-0.4, -0.2) is 0 Å². The van der Waals surface area contributed by atoms with Gasteiger partial charge in [-0.15, -0.1) is 0 Å². The number of allylic oxidation sites excluding steroid dienone is 1. The summed E-state index contributed by atoms with van der Waals surface area (Å²) >= 11 is 0. The van der Waals surface area contributed by atoms with Gasteiger partial charge < -0.3 is 5.73 Å². The molecule has 0 saturated carbocycles. The minimum absolute atomic E-state index is 0.843. The summed E-state index contributed by atoms with van der Waals surface area (Å²) < 4.78 is 0. The number of unbranched alkanes of at least 4 members (excludes halogenated alkanes) is 8. The van der Waals surface area contributed by atoms with E-state index >= 15 is 0 Å². The van der Waals surface area contributed by atoms with E-state index in [1.807, 2.05) is 0 Å². The topological polar surface area (TPSA) is 26.0 Å². The Balaban J connectivity index is 2.96. The molecule has 0 aliphatic heterocycles. The largest absolute Gasteiger partial charge is 0.403 e. The second-order valence-electron chi connectivity index (χ2n) is 5.77. The van der Waals surface area contributed by atoms with Crippen LogP contribution in [0.5, 0.6) is 0 Å². The lowest BCUT2D eigenvalue weighted by molar-refractivity contribution is 0.506. The Morgan fingerprint density at radius 1 is 0.824 bits per heavy atom. The average molecular weight is 239 g/mol. The third-order valence-electron chi connectivity index (χ3n) is 3.28. The van der Waals surface area contributed by atoms with Crippen molar-refractivity contribution in [2.45, 2.75) is 84.5 Å². The molecule has 1 heteroatoms. The van der Waals surface area contributed by atoms with E-state index < -0.39 is 0 Å². The maximum atomic E-state index is 5.53. The lowest BCUT2D eigenvalue weighted by Crippen LogP contribution is -1.93. The molecule has 102 valence electrons. The Bertz CT molecular complexity index is 172. The van der Waals surface area contributed by atoms with Crippen molar-refractivity contribution < 1.29 is 0 Å². The standard InChI is InChI=1S/C16H33N/c1-15(2)13-11-9-7-5-4-6-8-10-12-14-16(3)17/h15H,3-14,17H2,1-2H3. The third-order valence-corrected chi connectivity index (χ3v) is 3.28. The molecule has 0 aliphatic carbocycles. The maximum Gasteiger partial charge on any atom is 0.000744 e. The lowest BCUT2D eigenvalue weighted by atomic mass is 10.0. The van der Waals surface area contributed by atoms with Crippen molar-refractivity contribution in [2.75, 3.05) is 0 Å². The second kappa shape index (κ2) is 12.0. The zero-order valence-electron chi connectivity index (χ0n) is 12.1. The summed E-state index contributed by atoms with van der Waals surface area (Å²) in [5.74, 6) is 0.882. The van der Waals surface area contributed by atoms with Gasteiger partial charge in [-0.05, 0) is 18.8 Å². The summed E-state index contributed by atoms with van der Waals surface area (Å²) in [7, 11) is 0. The molecule has 0 amide bonds. The van der Waals surface area contributed by atoms with Crippen molar-refractivity contribution in [3.63, 3.8) is 0 Å². The molecule has 0 radical (unpaired) electrons. The van der Waals surface area contributed by atoms with E-state index in [1.54, 1.807) is 0 Å². The summed E-state index contributed by atoms with van der Waals surface area (Å²) in [6, 6.07) is 0. The first-order valence-electron chi connectivity index (χ1n) is 7.56. The number of rotatable bonds is 12. The highest BCUT2D eigenvalue weighted by Gasteiger charge is 1.95. The van der Waals surface area contributed by atoms with E-state index in [9.17, 15) is 0 Å². The van der Waals surface area contributed by atoms with Crippen LogP contribution in [0.4, 0.5) is 0 Å². The summed E-state index contributed by atoms with van der Waals surface area (Å²) in [5, 5.41) is 0. The fourth-order valence-corrected chi connectivity index (χ4v) is 2.14. The van der Waals surface area contributed by atoms with Crippen molar-refractivity contribution >= 4 is 0 Å². The molecular weight excluding hydrogens is 206 g/mol. The minimum atomic E-state index is 0.843. The molecule has 0 saturated heterocycles. The normalized spacial score (nSPS) is 11.0. The van der Waals surface area contributed by atoms with E-state index in [0.29, 0.717) is 0 Å². The van der Waals surface area contributed by atoms with Crippen LogP contribution in [0, 0.1) is 5.92 Å². The molecule has 17 heavy (non-hydrogen) atoms. The Kier molecular flexibility index (Phi) is 11.7. The van der Waals surface area contributed by atoms with Gasteiger partial charge in [0.05, 0.1) is 0 Å². The predicted molar refractivity (Wildman–Crippen MR) is 79.0 cm³/mol. The fourth-order valence-electron chi connectivity index (χ4n) is 2.14. The highest BCUT2D eigenvalue weighted by molar-refractivity contribution is 4.84. The van der Waals surface area contributed by atoms with Crippen LogP contribution in [-0.2, 0) is 0 Å². The number of hydrogen-bond acceptors (Lipinski definition) is 1. The maximum absolute atomic E-state index is 5.53. The number of hydrogen-bond donors (Lipinski definition) is 1. The van der Waals surface area contributed by atoms with Gasteiger partial charge in [-0.2, -0.15) is 0 Å². The molecule has 0 aliphatic rings. The first-order valence-corrected chi connectivity index (χ1v) is 7.56. The molecule has 0 unspecified atom stereocenters. The fraction of sp³-hybridized carbons (Fsp3) is 0.875. The van der Waals surface area contributed by atoms with Crippen molar-refractivity contribution in [1.29, 1.82) is 0 Å². The summed E-state index contributed by atoms with van der Waals surface area (Å²) in [6.07, 6.45) is 14.9. The lowest BCUT2D eigenvalue weighted by Gasteiger charge is -2.04. The van der Waals surface area contributed by atoms with Crippen LogP contribution >= 0.6 is 0 Å². The predicted octanol–water partition coefficient (Wildman–Crippen LogP) is 5.41. The van der Waals surface area contributed by atoms with Crippen LogP contribution in [0.2, 0.25) is 0 Å². The van der Waals surface area contributed by atoms with Gasteiger partial charge in [0, 0.05) is 5.70 Å². The third kappa shape index (κ3) is 15.5. The van der Waals surface area contributed by atoms with Gasteiger partial charge in [-0.1, -0.05) is 78.2 Å². The van der Waals surface area contributed by atoms with E-state index in [1.165, 1.54) is 64.2 Å². The highest BCUT2D eigenvalue weighted by atomic mass is 14.5. The molecule has 0 fully saturated rings. The minimum Gasteiger partial charge on any atom is -0.403 e. The average Bonchev–Trinajstić information content (AvgIpc) is 2.25. The van der Waals surface area contributed by atoms with Crippen LogP contribution in [0.15, 0.2) is 12.3 Å². The van der Waals surface area contributed by atoms with Crippen LogP contribution < -0.4 is 5.73 Å². The first kappa shape index (κ1) is 16.5. The van der Waals surface area contributed by atoms with E-state index in [0.717, 1.165) is 18.0 Å². The van der Waals surface area contributed by atoms with Crippen LogP contribution in [0.3, 0.4) is 0 Å². The summed E-state index contributed by atoms with van der Waals surface area (Å²) in [5.41, 5.74) is 6.37. The van der Waals surface area contributed by atoms with Crippen molar-refractivity contribution in [2.24, 2.45) is 11.7 Å². The van der Waals surface area contributed by atoms with Gasteiger partial charge in [-0.25, -0.2) is 0 Å². The van der Waals surface area contributed by atoms with E-state index in [2.05, 4.69) is 20.4 Å². The molecule has 0 aromatic carbocycles. The summed E-state index contributed by atoms with van der Waals surface area (Å²) in [6.45, 7) is 8.35. The Labute approximate surface area is 109 Å². The molecule has 0 spiro atoms. The van der Waals surface area contributed by atoms with Crippen LogP contribution in [0.1, 0.15) is 84.5 Å². The number of nitrogens with two attached hydrogens (primary N) is 1. The Morgan fingerprint density at radius 2 is 1.24 bits per heavy atom. The van der Waals surface area contributed by atoms with Crippen LogP contribution in [0.25, 0.3) is 0 Å². The molecule has 2 N–H and O–H groups in total. The zero-order valence-corrected chi connectivity index (χ0v) is 12.1. The smallest absolute Gasteiger partial charge is 0.000744 e.